The van der Waals surface area contributed by atoms with Crippen LogP contribution in [0.1, 0.15) is 24.1 Å². The quantitative estimate of drug-likeness (QED) is 0.812. The standard InChI is InChI=1S/C16H20N2S/c1-13(15-3-5-16(19-2)6-4-15)18-12-9-14-7-10-17-11-8-14/h3-8,10-11,13,18H,9,12H2,1-2H3. The lowest BCUT2D eigenvalue weighted by Crippen LogP contribution is -2.21. The summed E-state index contributed by atoms with van der Waals surface area (Å²) in [5.41, 5.74) is 2.67. The van der Waals surface area contributed by atoms with Crippen molar-refractivity contribution in [2.45, 2.75) is 24.3 Å². The molecule has 1 heterocycles. The first kappa shape index (κ1) is 14.1. The van der Waals surface area contributed by atoms with Gasteiger partial charge in [-0.25, -0.2) is 0 Å². The third kappa shape index (κ3) is 4.37. The van der Waals surface area contributed by atoms with Crippen molar-refractivity contribution in [1.29, 1.82) is 0 Å². The van der Waals surface area contributed by atoms with Crippen LogP contribution >= 0.6 is 11.8 Å². The second-order valence-electron chi connectivity index (χ2n) is 4.55. The van der Waals surface area contributed by atoms with E-state index in [2.05, 4.69) is 59.9 Å². The second-order valence-corrected chi connectivity index (χ2v) is 5.43. The number of pyridine rings is 1. The highest BCUT2D eigenvalue weighted by Gasteiger charge is 2.04. The smallest absolute Gasteiger partial charge is 0.0291 e. The second kappa shape index (κ2) is 7.31. The molecule has 1 unspecified atom stereocenters. The lowest BCUT2D eigenvalue weighted by atomic mass is 10.1. The Morgan fingerprint density at radius 1 is 1.11 bits per heavy atom. The molecule has 1 aromatic heterocycles. The molecule has 0 aliphatic rings. The number of nitrogens with zero attached hydrogens (tertiary/aromatic N) is 1. The van der Waals surface area contributed by atoms with Gasteiger partial charge in [-0.15, -0.1) is 11.8 Å². The van der Waals surface area contributed by atoms with Gasteiger partial charge in [-0.2, -0.15) is 0 Å². The molecule has 1 aromatic carbocycles. The van der Waals surface area contributed by atoms with Crippen LogP contribution in [0.4, 0.5) is 0 Å². The largest absolute Gasteiger partial charge is 0.310 e. The van der Waals surface area contributed by atoms with Gasteiger partial charge in [-0.3, -0.25) is 4.98 Å². The van der Waals surface area contributed by atoms with Gasteiger partial charge in [0, 0.05) is 23.3 Å². The number of aromatic nitrogens is 1. The van der Waals surface area contributed by atoms with Gasteiger partial charge in [-0.1, -0.05) is 12.1 Å². The molecule has 0 fully saturated rings. The zero-order valence-corrected chi connectivity index (χ0v) is 12.3. The van der Waals surface area contributed by atoms with Crippen molar-refractivity contribution >= 4 is 11.8 Å². The van der Waals surface area contributed by atoms with Crippen LogP contribution in [0.5, 0.6) is 0 Å². The molecular weight excluding hydrogens is 252 g/mol. The minimum atomic E-state index is 0.387. The van der Waals surface area contributed by atoms with Gasteiger partial charge in [0.2, 0.25) is 0 Å². The zero-order chi connectivity index (χ0) is 13.5. The molecule has 0 spiro atoms. The Kier molecular flexibility index (Phi) is 5.43. The SMILES string of the molecule is CSc1ccc(C(C)NCCc2ccncc2)cc1. The minimum absolute atomic E-state index is 0.387. The van der Waals surface area contributed by atoms with E-state index in [-0.39, 0.29) is 0 Å². The number of hydrogen-bond donors (Lipinski definition) is 1. The fourth-order valence-corrected chi connectivity index (χ4v) is 2.40. The van der Waals surface area contributed by atoms with Crippen molar-refractivity contribution in [1.82, 2.24) is 10.3 Å². The fourth-order valence-electron chi connectivity index (χ4n) is 1.99. The summed E-state index contributed by atoms with van der Waals surface area (Å²) >= 11 is 1.78. The van der Waals surface area contributed by atoms with Crippen molar-refractivity contribution in [2.24, 2.45) is 0 Å². The number of rotatable bonds is 6. The van der Waals surface area contributed by atoms with E-state index in [1.54, 1.807) is 11.8 Å². The summed E-state index contributed by atoms with van der Waals surface area (Å²) in [6.45, 7) is 3.19. The van der Waals surface area contributed by atoms with E-state index in [0.717, 1.165) is 13.0 Å². The molecule has 2 aromatic rings. The van der Waals surface area contributed by atoms with E-state index in [0.29, 0.717) is 6.04 Å². The van der Waals surface area contributed by atoms with Gasteiger partial charge >= 0.3 is 0 Å². The third-order valence-electron chi connectivity index (χ3n) is 3.23. The van der Waals surface area contributed by atoms with Crippen LogP contribution in [0.25, 0.3) is 0 Å². The molecule has 3 heteroatoms. The van der Waals surface area contributed by atoms with Crippen molar-refractivity contribution < 1.29 is 0 Å². The van der Waals surface area contributed by atoms with Gasteiger partial charge in [0.25, 0.3) is 0 Å². The lowest BCUT2D eigenvalue weighted by molar-refractivity contribution is 0.576. The van der Waals surface area contributed by atoms with Crippen LogP contribution in [0, 0.1) is 0 Å². The first-order chi connectivity index (χ1) is 9.29. The van der Waals surface area contributed by atoms with E-state index in [9.17, 15) is 0 Å². The average Bonchev–Trinajstić information content (AvgIpc) is 2.48. The average molecular weight is 272 g/mol. The van der Waals surface area contributed by atoms with E-state index < -0.39 is 0 Å². The molecule has 0 bridgehead atoms. The lowest BCUT2D eigenvalue weighted by Gasteiger charge is -2.14. The van der Waals surface area contributed by atoms with E-state index in [4.69, 9.17) is 0 Å². The zero-order valence-electron chi connectivity index (χ0n) is 11.5. The normalized spacial score (nSPS) is 12.3. The predicted octanol–water partition coefficient (Wildman–Crippen LogP) is 3.70. The fraction of sp³-hybridized carbons (Fsp3) is 0.312. The molecule has 1 N–H and O–H groups in total. The molecule has 2 nitrogen and oxygen atoms in total. The van der Waals surface area contributed by atoms with Crippen molar-refractivity contribution in [3.63, 3.8) is 0 Å². The van der Waals surface area contributed by atoms with Crippen LogP contribution in [0.2, 0.25) is 0 Å². The minimum Gasteiger partial charge on any atom is -0.310 e. The summed E-state index contributed by atoms with van der Waals surface area (Å²) in [7, 11) is 0. The topological polar surface area (TPSA) is 24.9 Å². The molecule has 0 saturated carbocycles. The van der Waals surface area contributed by atoms with Crippen molar-refractivity contribution in [3.8, 4) is 0 Å². The monoisotopic (exact) mass is 272 g/mol. The van der Waals surface area contributed by atoms with Gasteiger partial charge in [0.05, 0.1) is 0 Å². The van der Waals surface area contributed by atoms with Crippen LogP contribution < -0.4 is 5.32 Å². The summed E-state index contributed by atoms with van der Waals surface area (Å²) in [4.78, 5) is 5.34. The van der Waals surface area contributed by atoms with Gasteiger partial charge in [0.1, 0.15) is 0 Å². The number of hydrogen-bond acceptors (Lipinski definition) is 3. The van der Waals surface area contributed by atoms with Gasteiger partial charge < -0.3 is 5.32 Å². The summed E-state index contributed by atoms with van der Waals surface area (Å²) in [6, 6.07) is 13.3. The van der Waals surface area contributed by atoms with Crippen LogP contribution in [-0.4, -0.2) is 17.8 Å². The first-order valence-electron chi connectivity index (χ1n) is 6.56. The highest BCUT2D eigenvalue weighted by Crippen LogP contribution is 2.18. The van der Waals surface area contributed by atoms with Crippen LogP contribution in [-0.2, 0) is 6.42 Å². The highest BCUT2D eigenvalue weighted by atomic mass is 32.2. The molecule has 0 saturated heterocycles. The maximum atomic E-state index is 4.03. The molecule has 1 atom stereocenters. The first-order valence-corrected chi connectivity index (χ1v) is 7.78. The number of nitrogens with one attached hydrogen (secondary N) is 1. The number of thioether (sulfide) groups is 1. The van der Waals surface area contributed by atoms with Gasteiger partial charge in [0.15, 0.2) is 0 Å². The number of benzene rings is 1. The summed E-state index contributed by atoms with van der Waals surface area (Å²) in [5, 5.41) is 3.56. The molecule has 0 amide bonds. The Morgan fingerprint density at radius 2 is 1.79 bits per heavy atom. The van der Waals surface area contributed by atoms with Crippen molar-refractivity contribution in [3.05, 3.63) is 59.9 Å². The molecule has 0 aliphatic carbocycles. The van der Waals surface area contributed by atoms with Crippen molar-refractivity contribution in [2.75, 3.05) is 12.8 Å². The Labute approximate surface area is 119 Å². The molecule has 0 aliphatic heterocycles. The molecular formula is C16H20N2S. The predicted molar refractivity (Wildman–Crippen MR) is 82.6 cm³/mol. The molecule has 2 rings (SSSR count). The Hall–Kier alpha value is -1.32. The van der Waals surface area contributed by atoms with Crippen LogP contribution in [0.3, 0.4) is 0 Å². The van der Waals surface area contributed by atoms with E-state index >= 15 is 0 Å². The van der Waals surface area contributed by atoms with Crippen LogP contribution in [0.15, 0.2) is 53.7 Å². The Morgan fingerprint density at radius 3 is 2.42 bits per heavy atom. The maximum absolute atomic E-state index is 4.03. The highest BCUT2D eigenvalue weighted by molar-refractivity contribution is 7.98. The van der Waals surface area contributed by atoms with E-state index in [1.807, 2.05) is 12.4 Å². The molecule has 19 heavy (non-hydrogen) atoms. The van der Waals surface area contributed by atoms with Gasteiger partial charge in [-0.05, 0) is 61.5 Å². The summed E-state index contributed by atoms with van der Waals surface area (Å²) in [5.74, 6) is 0. The summed E-state index contributed by atoms with van der Waals surface area (Å²) < 4.78 is 0. The summed E-state index contributed by atoms with van der Waals surface area (Å²) in [6.07, 6.45) is 6.83. The Balaban J connectivity index is 1.82. The third-order valence-corrected chi connectivity index (χ3v) is 3.97. The van der Waals surface area contributed by atoms with E-state index in [1.165, 1.54) is 16.0 Å². The molecule has 0 radical (unpaired) electrons. The Bertz CT molecular complexity index is 482. The molecule has 100 valence electrons. The maximum Gasteiger partial charge on any atom is 0.0291 e.